The van der Waals surface area contributed by atoms with Crippen molar-refractivity contribution in [1.82, 2.24) is 9.78 Å². The number of aromatic nitrogens is 2. The number of benzene rings is 2. The van der Waals surface area contributed by atoms with Crippen molar-refractivity contribution in [2.45, 2.75) is 43.2 Å². The van der Waals surface area contributed by atoms with Gasteiger partial charge in [-0.25, -0.2) is 21.9 Å². The Morgan fingerprint density at radius 2 is 1.89 bits per heavy atom. The fraction of sp³-hybridized carbons (Fsp3) is 0.385. The number of fused-ring (bicyclic) bond motifs is 1. The summed E-state index contributed by atoms with van der Waals surface area (Å²) in [6, 6.07) is 7.83. The number of halogens is 2. The highest BCUT2D eigenvalue weighted by molar-refractivity contribution is 7.90. The van der Waals surface area contributed by atoms with Crippen LogP contribution in [0.25, 0.3) is 0 Å². The van der Waals surface area contributed by atoms with Crippen LogP contribution in [-0.2, 0) is 16.4 Å². The lowest BCUT2D eigenvalue weighted by Crippen LogP contribution is -2.38. The van der Waals surface area contributed by atoms with Gasteiger partial charge in [0.25, 0.3) is 5.91 Å². The van der Waals surface area contributed by atoms with Gasteiger partial charge in [0.05, 0.1) is 29.1 Å². The number of rotatable bonds is 6. The molecule has 1 aromatic heterocycles. The maximum Gasteiger partial charge on any atom is 0.262 e. The van der Waals surface area contributed by atoms with Gasteiger partial charge in [-0.3, -0.25) is 4.79 Å². The SMILES string of the molecule is CS(=O)(=O)c1ccc(N2CCC(Oc3ccc(F)cc3F)CC2)c(NC(=O)c2cnn3c2OCCCC3)c1. The number of piperidine rings is 1. The average molecular weight is 547 g/mol. The molecular weight excluding hydrogens is 518 g/mol. The number of nitrogens with zero attached hydrogens (tertiary/aromatic N) is 3. The Labute approximate surface area is 219 Å². The van der Waals surface area contributed by atoms with Gasteiger partial charge in [-0.2, -0.15) is 5.10 Å². The lowest BCUT2D eigenvalue weighted by molar-refractivity contribution is 0.102. The Morgan fingerprint density at radius 3 is 2.63 bits per heavy atom. The molecule has 0 radical (unpaired) electrons. The van der Waals surface area contributed by atoms with E-state index in [-0.39, 0.29) is 22.3 Å². The summed E-state index contributed by atoms with van der Waals surface area (Å²) in [4.78, 5) is 15.4. The van der Waals surface area contributed by atoms with Crippen LogP contribution in [0.4, 0.5) is 20.2 Å². The average Bonchev–Trinajstić information content (AvgIpc) is 3.14. The maximum absolute atomic E-state index is 14.0. The molecule has 5 rings (SSSR count). The topological polar surface area (TPSA) is 103 Å². The molecule has 1 amide bonds. The van der Waals surface area contributed by atoms with Crippen molar-refractivity contribution in [3.05, 3.63) is 59.8 Å². The van der Waals surface area contributed by atoms with E-state index >= 15 is 0 Å². The number of sulfone groups is 1. The van der Waals surface area contributed by atoms with Crippen molar-refractivity contribution in [1.29, 1.82) is 0 Å². The first-order chi connectivity index (χ1) is 18.2. The Balaban J connectivity index is 1.35. The van der Waals surface area contributed by atoms with Gasteiger partial charge in [0.15, 0.2) is 21.4 Å². The molecule has 2 aromatic carbocycles. The van der Waals surface area contributed by atoms with Gasteiger partial charge >= 0.3 is 0 Å². The fourth-order valence-electron chi connectivity index (χ4n) is 4.65. The third-order valence-corrected chi connectivity index (χ3v) is 7.76. The van der Waals surface area contributed by atoms with E-state index in [4.69, 9.17) is 9.47 Å². The largest absolute Gasteiger partial charge is 0.487 e. The van der Waals surface area contributed by atoms with E-state index in [1.165, 1.54) is 24.4 Å². The highest BCUT2D eigenvalue weighted by Gasteiger charge is 2.26. The molecule has 0 bridgehead atoms. The summed E-state index contributed by atoms with van der Waals surface area (Å²) in [7, 11) is -3.53. The lowest BCUT2D eigenvalue weighted by Gasteiger charge is -2.35. The smallest absolute Gasteiger partial charge is 0.262 e. The summed E-state index contributed by atoms with van der Waals surface area (Å²) in [6.45, 7) is 2.16. The standard InChI is InChI=1S/C26H28F2N4O5S/c1-38(34,35)19-5-6-23(31-11-8-18(9-12-31)37-24-7-4-17(27)14-21(24)28)22(15-19)30-25(33)20-16-29-32-10-2-3-13-36-26(20)32/h4-7,14-16,18H,2-3,8-13H2,1H3,(H,30,33). The minimum atomic E-state index is -3.53. The van der Waals surface area contributed by atoms with Gasteiger partial charge in [-0.1, -0.05) is 0 Å². The molecule has 3 heterocycles. The summed E-state index contributed by atoms with van der Waals surface area (Å²) >= 11 is 0. The zero-order valence-electron chi connectivity index (χ0n) is 20.8. The van der Waals surface area contributed by atoms with Gasteiger partial charge in [0, 0.05) is 44.8 Å². The molecule has 1 N–H and O–H groups in total. The quantitative estimate of drug-likeness (QED) is 0.498. The van der Waals surface area contributed by atoms with Crippen molar-refractivity contribution in [3.63, 3.8) is 0 Å². The van der Waals surface area contributed by atoms with E-state index in [1.54, 1.807) is 10.7 Å². The number of ether oxygens (including phenoxy) is 2. The van der Waals surface area contributed by atoms with Crippen molar-refractivity contribution >= 4 is 27.1 Å². The van der Waals surface area contributed by atoms with Crippen LogP contribution in [0.3, 0.4) is 0 Å². The van der Waals surface area contributed by atoms with Crippen molar-refractivity contribution in [3.8, 4) is 11.6 Å². The Bertz CT molecular complexity index is 1450. The number of amides is 1. The third kappa shape index (κ3) is 5.59. The zero-order valence-corrected chi connectivity index (χ0v) is 21.6. The van der Waals surface area contributed by atoms with Gasteiger partial charge < -0.3 is 19.7 Å². The van der Waals surface area contributed by atoms with Crippen LogP contribution >= 0.6 is 0 Å². The van der Waals surface area contributed by atoms with Crippen molar-refractivity contribution in [2.24, 2.45) is 0 Å². The number of hydrogen-bond donors (Lipinski definition) is 1. The first-order valence-corrected chi connectivity index (χ1v) is 14.3. The Hall–Kier alpha value is -3.67. The van der Waals surface area contributed by atoms with Crippen LogP contribution in [0.2, 0.25) is 0 Å². The number of anilines is 2. The molecular formula is C26H28F2N4O5S. The van der Waals surface area contributed by atoms with Gasteiger partial charge in [-0.05, 0) is 43.2 Å². The van der Waals surface area contributed by atoms with Crippen LogP contribution in [-0.4, -0.2) is 56.2 Å². The summed E-state index contributed by atoms with van der Waals surface area (Å²) in [5, 5.41) is 7.13. The Morgan fingerprint density at radius 1 is 1.11 bits per heavy atom. The molecule has 38 heavy (non-hydrogen) atoms. The molecule has 1 saturated heterocycles. The monoisotopic (exact) mass is 546 g/mol. The first-order valence-electron chi connectivity index (χ1n) is 12.4. The molecule has 9 nitrogen and oxygen atoms in total. The number of nitrogens with one attached hydrogen (secondary N) is 1. The van der Waals surface area contributed by atoms with Gasteiger partial charge in [-0.15, -0.1) is 0 Å². The van der Waals surface area contributed by atoms with Crippen LogP contribution in [0.1, 0.15) is 36.0 Å². The highest BCUT2D eigenvalue weighted by atomic mass is 32.2. The van der Waals surface area contributed by atoms with Crippen LogP contribution in [0, 0.1) is 11.6 Å². The van der Waals surface area contributed by atoms with E-state index in [0.717, 1.165) is 31.2 Å². The van der Waals surface area contributed by atoms with E-state index in [2.05, 4.69) is 10.4 Å². The van der Waals surface area contributed by atoms with Crippen molar-refractivity contribution in [2.75, 3.05) is 36.2 Å². The summed E-state index contributed by atoms with van der Waals surface area (Å²) in [6.07, 6.45) is 5.12. The highest BCUT2D eigenvalue weighted by Crippen LogP contribution is 2.33. The molecule has 2 aliphatic heterocycles. The molecule has 0 aliphatic carbocycles. The van der Waals surface area contributed by atoms with E-state index in [1.807, 2.05) is 4.90 Å². The van der Waals surface area contributed by atoms with Crippen LogP contribution < -0.4 is 19.7 Å². The summed E-state index contributed by atoms with van der Waals surface area (Å²) in [5.74, 6) is -1.49. The third-order valence-electron chi connectivity index (χ3n) is 6.65. The summed E-state index contributed by atoms with van der Waals surface area (Å²) in [5.41, 5.74) is 1.27. The second kappa shape index (κ2) is 10.6. The molecule has 2 aliphatic rings. The normalized spacial score (nSPS) is 16.3. The number of carbonyl (C=O) groups excluding carboxylic acids is 1. The van der Waals surface area contributed by atoms with Crippen LogP contribution in [0.5, 0.6) is 11.6 Å². The Kier molecular flexibility index (Phi) is 7.24. The van der Waals surface area contributed by atoms with E-state index in [0.29, 0.717) is 56.3 Å². The first kappa shape index (κ1) is 26.0. The number of aryl methyl sites for hydroxylation is 1. The zero-order chi connectivity index (χ0) is 26.9. The summed E-state index contributed by atoms with van der Waals surface area (Å²) < 4.78 is 64.9. The predicted octanol–water partition coefficient (Wildman–Crippen LogP) is 4.04. The second-order valence-corrected chi connectivity index (χ2v) is 11.4. The minimum absolute atomic E-state index is 0.00200. The molecule has 12 heteroatoms. The molecule has 0 unspecified atom stereocenters. The maximum atomic E-state index is 14.0. The molecule has 0 atom stereocenters. The van der Waals surface area contributed by atoms with Crippen molar-refractivity contribution < 1.29 is 31.5 Å². The number of hydrogen-bond acceptors (Lipinski definition) is 7. The second-order valence-electron chi connectivity index (χ2n) is 9.43. The van der Waals surface area contributed by atoms with Gasteiger partial charge in [0.1, 0.15) is 17.5 Å². The van der Waals surface area contributed by atoms with E-state index in [9.17, 15) is 22.0 Å². The molecule has 202 valence electrons. The number of carbonyl (C=O) groups is 1. The predicted molar refractivity (Wildman–Crippen MR) is 137 cm³/mol. The molecule has 1 fully saturated rings. The molecule has 0 spiro atoms. The lowest BCUT2D eigenvalue weighted by atomic mass is 10.1. The molecule has 0 saturated carbocycles. The minimum Gasteiger partial charge on any atom is -0.487 e. The van der Waals surface area contributed by atoms with Gasteiger partial charge in [0.2, 0.25) is 5.88 Å². The molecule has 3 aromatic rings. The van der Waals surface area contributed by atoms with E-state index < -0.39 is 27.4 Å². The fourth-order valence-corrected chi connectivity index (χ4v) is 5.30. The van der Waals surface area contributed by atoms with Crippen LogP contribution in [0.15, 0.2) is 47.5 Å².